The molecule has 1 amide bonds. The fourth-order valence-corrected chi connectivity index (χ4v) is 3.67. The zero-order chi connectivity index (χ0) is 15.6. The van der Waals surface area contributed by atoms with Crippen LogP contribution >= 0.6 is 12.4 Å². The quantitative estimate of drug-likeness (QED) is 0.867. The molecule has 1 aliphatic carbocycles. The Hall–Kier alpha value is -1.26. The Labute approximate surface area is 144 Å². The molecule has 2 N–H and O–H groups in total. The monoisotopic (exact) mass is 338 g/mol. The molecule has 3 rings (SSSR count). The molecule has 5 heteroatoms. The first-order valence-corrected chi connectivity index (χ1v) is 8.27. The highest BCUT2D eigenvalue weighted by atomic mass is 35.5. The van der Waals surface area contributed by atoms with Gasteiger partial charge in [-0.25, -0.2) is 0 Å². The second-order valence-corrected chi connectivity index (χ2v) is 6.71. The molecule has 2 aliphatic rings. The molecular weight excluding hydrogens is 312 g/mol. The number of hydrogen-bond donors (Lipinski definition) is 2. The molecule has 1 aromatic carbocycles. The van der Waals surface area contributed by atoms with Crippen molar-refractivity contribution in [2.75, 3.05) is 26.7 Å². The number of amides is 1. The Morgan fingerprint density at radius 2 is 2.13 bits per heavy atom. The van der Waals surface area contributed by atoms with Gasteiger partial charge in [0.1, 0.15) is 5.75 Å². The molecule has 2 fully saturated rings. The molecule has 23 heavy (non-hydrogen) atoms. The topological polar surface area (TPSA) is 50.4 Å². The lowest BCUT2D eigenvalue weighted by Crippen LogP contribution is -2.34. The van der Waals surface area contributed by atoms with Crippen LogP contribution in [0.3, 0.4) is 0 Å². The Bertz CT molecular complexity index is 556. The summed E-state index contributed by atoms with van der Waals surface area (Å²) in [5.41, 5.74) is 2.67. The van der Waals surface area contributed by atoms with Crippen molar-refractivity contribution < 1.29 is 9.53 Å². The third kappa shape index (κ3) is 3.99. The van der Waals surface area contributed by atoms with E-state index in [0.717, 1.165) is 50.1 Å². The van der Waals surface area contributed by atoms with Gasteiger partial charge in [-0.1, -0.05) is 12.1 Å². The third-order valence-corrected chi connectivity index (χ3v) is 5.29. The van der Waals surface area contributed by atoms with Crippen molar-refractivity contribution in [2.45, 2.75) is 32.6 Å². The minimum absolute atomic E-state index is 0. The van der Waals surface area contributed by atoms with Gasteiger partial charge in [-0.15, -0.1) is 12.4 Å². The molecular formula is C18H27ClN2O2. The van der Waals surface area contributed by atoms with Crippen LogP contribution in [0.2, 0.25) is 0 Å². The lowest BCUT2D eigenvalue weighted by Gasteiger charge is -2.23. The van der Waals surface area contributed by atoms with Crippen LogP contribution in [0.15, 0.2) is 18.2 Å². The van der Waals surface area contributed by atoms with E-state index < -0.39 is 0 Å². The highest BCUT2D eigenvalue weighted by Gasteiger charge is 2.57. The number of aryl methyl sites for hydroxylation is 1. The van der Waals surface area contributed by atoms with E-state index >= 15 is 0 Å². The first-order chi connectivity index (χ1) is 10.6. The van der Waals surface area contributed by atoms with Gasteiger partial charge >= 0.3 is 0 Å². The van der Waals surface area contributed by atoms with Gasteiger partial charge in [0.05, 0.1) is 7.11 Å². The van der Waals surface area contributed by atoms with Gasteiger partial charge in [-0.3, -0.25) is 4.79 Å². The van der Waals surface area contributed by atoms with Crippen molar-refractivity contribution in [2.24, 2.45) is 11.3 Å². The molecule has 1 aliphatic heterocycles. The maximum atomic E-state index is 12.3. The number of piperidine rings is 1. The summed E-state index contributed by atoms with van der Waals surface area (Å²) in [6.07, 6.45) is 4.24. The highest BCUT2D eigenvalue weighted by molar-refractivity contribution is 5.85. The number of carbonyl (C=O) groups is 1. The summed E-state index contributed by atoms with van der Waals surface area (Å²) < 4.78 is 5.34. The molecule has 1 spiro atoms. The molecule has 0 bridgehead atoms. The van der Waals surface area contributed by atoms with Crippen molar-refractivity contribution >= 4 is 18.3 Å². The van der Waals surface area contributed by atoms with E-state index in [1.165, 1.54) is 5.56 Å². The van der Waals surface area contributed by atoms with Crippen LogP contribution in [0.4, 0.5) is 0 Å². The number of hydrogen-bond acceptors (Lipinski definition) is 3. The molecule has 0 aromatic heterocycles. The van der Waals surface area contributed by atoms with Crippen LogP contribution in [0.5, 0.6) is 5.75 Å². The Morgan fingerprint density at radius 1 is 1.39 bits per heavy atom. The fourth-order valence-electron chi connectivity index (χ4n) is 3.67. The van der Waals surface area contributed by atoms with E-state index in [2.05, 4.69) is 28.8 Å². The normalized spacial score (nSPS) is 21.4. The van der Waals surface area contributed by atoms with Crippen molar-refractivity contribution in [3.8, 4) is 5.75 Å². The molecule has 1 saturated heterocycles. The SMILES string of the molecule is COc1cc(CCNC(=O)C2CC23CCNCC3)ccc1C.Cl. The maximum Gasteiger partial charge on any atom is 0.223 e. The second kappa shape index (κ2) is 7.54. The molecule has 0 radical (unpaired) electrons. The molecule has 4 nitrogen and oxygen atoms in total. The lowest BCUT2D eigenvalue weighted by atomic mass is 9.92. The van der Waals surface area contributed by atoms with Crippen molar-refractivity contribution in [3.05, 3.63) is 29.3 Å². The molecule has 128 valence electrons. The number of benzene rings is 1. The highest BCUT2D eigenvalue weighted by Crippen LogP contribution is 2.58. The van der Waals surface area contributed by atoms with Crippen LogP contribution in [0.25, 0.3) is 0 Å². The summed E-state index contributed by atoms with van der Waals surface area (Å²) in [7, 11) is 1.69. The summed E-state index contributed by atoms with van der Waals surface area (Å²) in [5, 5.41) is 6.49. The van der Waals surface area contributed by atoms with E-state index in [4.69, 9.17) is 4.74 Å². The predicted octanol–water partition coefficient (Wildman–Crippen LogP) is 2.47. The average Bonchev–Trinajstić information content (AvgIpc) is 3.22. The minimum atomic E-state index is 0. The largest absolute Gasteiger partial charge is 0.496 e. The Morgan fingerprint density at radius 3 is 2.83 bits per heavy atom. The summed E-state index contributed by atoms with van der Waals surface area (Å²) in [6.45, 7) is 4.87. The van der Waals surface area contributed by atoms with Gasteiger partial charge in [-0.05, 0) is 68.3 Å². The van der Waals surface area contributed by atoms with E-state index in [1.54, 1.807) is 7.11 Å². The van der Waals surface area contributed by atoms with Gasteiger partial charge in [-0.2, -0.15) is 0 Å². The number of halogens is 1. The summed E-state index contributed by atoms with van der Waals surface area (Å²) in [5.74, 6) is 1.42. The lowest BCUT2D eigenvalue weighted by molar-refractivity contribution is -0.123. The van der Waals surface area contributed by atoms with Crippen LogP contribution < -0.4 is 15.4 Å². The minimum Gasteiger partial charge on any atom is -0.496 e. The van der Waals surface area contributed by atoms with Gasteiger partial charge < -0.3 is 15.4 Å². The molecule has 1 unspecified atom stereocenters. The smallest absolute Gasteiger partial charge is 0.223 e. The second-order valence-electron chi connectivity index (χ2n) is 6.71. The van der Waals surface area contributed by atoms with Gasteiger partial charge in [0.15, 0.2) is 0 Å². The molecule has 1 saturated carbocycles. The number of rotatable bonds is 5. The number of ether oxygens (including phenoxy) is 1. The van der Waals surface area contributed by atoms with Crippen LogP contribution in [-0.4, -0.2) is 32.7 Å². The van der Waals surface area contributed by atoms with Crippen LogP contribution in [0.1, 0.15) is 30.4 Å². The molecule has 1 aromatic rings. The van der Waals surface area contributed by atoms with E-state index in [1.807, 2.05) is 6.92 Å². The predicted molar refractivity (Wildman–Crippen MR) is 94.3 cm³/mol. The summed E-state index contributed by atoms with van der Waals surface area (Å²) in [4.78, 5) is 12.3. The first-order valence-electron chi connectivity index (χ1n) is 8.27. The van der Waals surface area contributed by atoms with Crippen LogP contribution in [-0.2, 0) is 11.2 Å². The first kappa shape index (κ1) is 18.1. The van der Waals surface area contributed by atoms with E-state index in [9.17, 15) is 4.79 Å². The van der Waals surface area contributed by atoms with Crippen LogP contribution in [0, 0.1) is 18.3 Å². The standard InChI is InChI=1S/C18H26N2O2.ClH/c1-13-3-4-14(11-16(13)22-2)5-8-20-17(21)15-12-18(15)6-9-19-10-7-18;/h3-4,11,15,19H,5-10,12H2,1-2H3,(H,20,21);1H. The zero-order valence-corrected chi connectivity index (χ0v) is 14.8. The molecule has 1 atom stereocenters. The zero-order valence-electron chi connectivity index (χ0n) is 14.0. The summed E-state index contributed by atoms with van der Waals surface area (Å²) >= 11 is 0. The van der Waals surface area contributed by atoms with Gasteiger partial charge in [0.2, 0.25) is 5.91 Å². The fraction of sp³-hybridized carbons (Fsp3) is 0.611. The molecule has 1 heterocycles. The van der Waals surface area contributed by atoms with E-state index in [-0.39, 0.29) is 24.2 Å². The van der Waals surface area contributed by atoms with Crippen molar-refractivity contribution in [1.82, 2.24) is 10.6 Å². The maximum absolute atomic E-state index is 12.3. The third-order valence-electron chi connectivity index (χ3n) is 5.29. The number of nitrogens with one attached hydrogen (secondary N) is 2. The number of carbonyl (C=O) groups excluding carboxylic acids is 1. The average molecular weight is 339 g/mol. The van der Waals surface area contributed by atoms with Crippen molar-refractivity contribution in [1.29, 1.82) is 0 Å². The van der Waals surface area contributed by atoms with Gasteiger partial charge in [0.25, 0.3) is 0 Å². The number of methoxy groups -OCH3 is 1. The Balaban J connectivity index is 0.00000192. The van der Waals surface area contributed by atoms with E-state index in [0.29, 0.717) is 12.0 Å². The van der Waals surface area contributed by atoms with Gasteiger partial charge in [0, 0.05) is 12.5 Å². The van der Waals surface area contributed by atoms with Crippen molar-refractivity contribution in [3.63, 3.8) is 0 Å². The summed E-state index contributed by atoms with van der Waals surface area (Å²) in [6, 6.07) is 6.24. The Kier molecular flexibility index (Phi) is 5.93.